The first-order chi connectivity index (χ1) is 12.3. The molecule has 140 valence electrons. The lowest BCUT2D eigenvalue weighted by Gasteiger charge is -2.25. The minimum absolute atomic E-state index is 0.425. The van der Waals surface area contributed by atoms with E-state index in [0.717, 1.165) is 34.6 Å². The number of likely N-dealkylation sites (tertiary alicyclic amines) is 1. The van der Waals surface area contributed by atoms with Crippen molar-refractivity contribution in [1.29, 1.82) is 0 Å². The normalized spacial score (nSPS) is 25.3. The maximum absolute atomic E-state index is 4.39. The number of nitrogens with one attached hydrogen (secondary N) is 1. The number of anilines is 1. The average Bonchev–Trinajstić information content (AvgIpc) is 2.92. The molecule has 1 aliphatic heterocycles. The van der Waals surface area contributed by atoms with Crippen LogP contribution < -0.4 is 5.32 Å². The molecule has 2 atom stereocenters. The van der Waals surface area contributed by atoms with Crippen LogP contribution in [0.4, 0.5) is 5.82 Å². The number of nitrogens with zero attached hydrogens (tertiary/aromatic N) is 5. The van der Waals surface area contributed by atoms with E-state index < -0.39 is 0 Å². The average molecular weight is 355 g/mol. The number of fused-ring (bicyclic) bond motifs is 1. The third kappa shape index (κ3) is 3.61. The number of aryl methyl sites for hydroxylation is 2. The summed E-state index contributed by atoms with van der Waals surface area (Å²) in [6, 6.07) is 4.65. The van der Waals surface area contributed by atoms with Gasteiger partial charge in [-0.15, -0.1) is 10.2 Å². The Morgan fingerprint density at radius 3 is 2.42 bits per heavy atom. The zero-order valence-electron chi connectivity index (χ0n) is 16.5. The lowest BCUT2D eigenvalue weighted by Crippen LogP contribution is -2.30. The molecule has 0 amide bonds. The number of rotatable bonds is 5. The van der Waals surface area contributed by atoms with E-state index in [1.807, 2.05) is 37.0 Å². The van der Waals surface area contributed by atoms with E-state index in [1.54, 1.807) is 0 Å². The van der Waals surface area contributed by atoms with Gasteiger partial charge < -0.3 is 10.2 Å². The van der Waals surface area contributed by atoms with Crippen LogP contribution in [0.3, 0.4) is 0 Å². The van der Waals surface area contributed by atoms with Gasteiger partial charge in [0.2, 0.25) is 0 Å². The van der Waals surface area contributed by atoms with E-state index in [2.05, 4.69) is 46.3 Å². The van der Waals surface area contributed by atoms with Crippen molar-refractivity contribution in [1.82, 2.24) is 24.9 Å². The fraction of sp³-hybridized carbons (Fsp3) is 0.650. The number of aromatic nitrogens is 4. The van der Waals surface area contributed by atoms with Crippen molar-refractivity contribution in [2.24, 2.45) is 24.3 Å². The molecule has 1 saturated carbocycles. The third-order valence-electron chi connectivity index (χ3n) is 5.72. The van der Waals surface area contributed by atoms with Gasteiger partial charge in [0.25, 0.3) is 0 Å². The summed E-state index contributed by atoms with van der Waals surface area (Å²) in [4.78, 5) is 2.62. The summed E-state index contributed by atoms with van der Waals surface area (Å²) in [6.45, 7) is 12.6. The molecule has 1 N–H and O–H groups in total. The van der Waals surface area contributed by atoms with Crippen LogP contribution in [0.1, 0.15) is 32.9 Å². The summed E-state index contributed by atoms with van der Waals surface area (Å²) in [5, 5.41) is 16.7. The zero-order valence-corrected chi connectivity index (χ0v) is 16.5. The molecule has 1 saturated heterocycles. The molecule has 0 aromatic carbocycles. The van der Waals surface area contributed by atoms with E-state index in [4.69, 9.17) is 0 Å². The Morgan fingerprint density at radius 2 is 1.88 bits per heavy atom. The highest BCUT2D eigenvalue weighted by atomic mass is 15.3. The highest BCUT2D eigenvalue weighted by molar-refractivity contribution is 5.61. The monoisotopic (exact) mass is 354 g/mol. The van der Waals surface area contributed by atoms with E-state index in [-0.39, 0.29) is 0 Å². The molecule has 4 rings (SSSR count). The van der Waals surface area contributed by atoms with Crippen LogP contribution in [-0.2, 0) is 7.05 Å². The molecule has 3 heterocycles. The second-order valence-electron chi connectivity index (χ2n) is 9.17. The summed E-state index contributed by atoms with van der Waals surface area (Å²) in [6.07, 6.45) is 3.26. The predicted molar refractivity (Wildman–Crippen MR) is 104 cm³/mol. The predicted octanol–water partition coefficient (Wildman–Crippen LogP) is 2.96. The molecule has 0 unspecified atom stereocenters. The van der Waals surface area contributed by atoms with Gasteiger partial charge in [-0.3, -0.25) is 4.68 Å². The Balaban J connectivity index is 1.30. The maximum atomic E-state index is 4.39. The van der Waals surface area contributed by atoms with Gasteiger partial charge in [-0.25, -0.2) is 0 Å². The lowest BCUT2D eigenvalue weighted by atomic mass is 9.92. The van der Waals surface area contributed by atoms with E-state index in [9.17, 15) is 0 Å². The van der Waals surface area contributed by atoms with Gasteiger partial charge in [-0.05, 0) is 49.3 Å². The second-order valence-corrected chi connectivity index (χ2v) is 9.17. The standard InChI is InChI=1S/C20H30N6/c1-13-14(10-25(5)24-13)17-6-7-18(23-22-17)21-19-15-11-26(12-16(15)19)9-8-20(2,3)4/h6-7,10,15-16,19H,8-9,11-12H2,1-5H3,(H,21,23)/t15-,16-/m1/s1. The first-order valence-electron chi connectivity index (χ1n) is 9.63. The zero-order chi connectivity index (χ0) is 18.5. The Hall–Kier alpha value is -1.95. The van der Waals surface area contributed by atoms with Crippen molar-refractivity contribution >= 4 is 5.82 Å². The Kier molecular flexibility index (Phi) is 4.26. The summed E-state index contributed by atoms with van der Waals surface area (Å²) >= 11 is 0. The van der Waals surface area contributed by atoms with E-state index >= 15 is 0 Å². The Morgan fingerprint density at radius 1 is 1.15 bits per heavy atom. The molecule has 6 nitrogen and oxygen atoms in total. The van der Waals surface area contributed by atoms with Crippen LogP contribution in [0.25, 0.3) is 11.3 Å². The Labute approximate surface area is 156 Å². The second kappa shape index (κ2) is 6.34. The number of piperidine rings is 1. The largest absolute Gasteiger partial charge is 0.365 e. The SMILES string of the molecule is Cc1nn(C)cc1-c1ccc(NC2[C@@H]3CN(CCC(C)(C)C)C[C@@H]23)nn1. The van der Waals surface area contributed by atoms with Crippen molar-refractivity contribution < 1.29 is 0 Å². The van der Waals surface area contributed by atoms with Crippen molar-refractivity contribution in [2.75, 3.05) is 25.0 Å². The topological polar surface area (TPSA) is 58.9 Å². The van der Waals surface area contributed by atoms with Gasteiger partial charge in [0.15, 0.2) is 0 Å². The van der Waals surface area contributed by atoms with Gasteiger partial charge in [0.05, 0.1) is 11.4 Å². The van der Waals surface area contributed by atoms with Crippen molar-refractivity contribution in [3.05, 3.63) is 24.0 Å². The van der Waals surface area contributed by atoms with Gasteiger partial charge >= 0.3 is 0 Å². The lowest BCUT2D eigenvalue weighted by molar-refractivity contribution is 0.245. The van der Waals surface area contributed by atoms with Crippen LogP contribution >= 0.6 is 0 Å². The van der Waals surface area contributed by atoms with Crippen LogP contribution in [0.5, 0.6) is 0 Å². The molecule has 2 fully saturated rings. The minimum atomic E-state index is 0.425. The van der Waals surface area contributed by atoms with Gasteiger partial charge in [0.1, 0.15) is 5.82 Å². The molecular weight excluding hydrogens is 324 g/mol. The fourth-order valence-electron chi connectivity index (χ4n) is 4.08. The van der Waals surface area contributed by atoms with Crippen molar-refractivity contribution in [3.8, 4) is 11.3 Å². The molecule has 0 radical (unpaired) electrons. The molecule has 2 aromatic rings. The molecule has 0 bridgehead atoms. The molecule has 0 spiro atoms. The summed E-state index contributed by atoms with van der Waals surface area (Å²) < 4.78 is 1.81. The first kappa shape index (κ1) is 17.5. The number of hydrogen-bond acceptors (Lipinski definition) is 5. The molecule has 2 aliphatic rings. The summed E-state index contributed by atoms with van der Waals surface area (Å²) in [7, 11) is 1.93. The van der Waals surface area contributed by atoms with Crippen LogP contribution in [0.15, 0.2) is 18.3 Å². The number of hydrogen-bond donors (Lipinski definition) is 1. The molecule has 26 heavy (non-hydrogen) atoms. The highest BCUT2D eigenvalue weighted by Crippen LogP contribution is 2.47. The minimum Gasteiger partial charge on any atom is -0.365 e. The van der Waals surface area contributed by atoms with E-state index in [1.165, 1.54) is 26.1 Å². The first-order valence-corrected chi connectivity index (χ1v) is 9.63. The summed E-state index contributed by atoms with van der Waals surface area (Å²) in [5.41, 5.74) is 3.33. The molecule has 6 heteroatoms. The molecular formula is C20H30N6. The third-order valence-corrected chi connectivity index (χ3v) is 5.72. The van der Waals surface area contributed by atoms with Crippen molar-refractivity contribution in [2.45, 2.75) is 40.2 Å². The van der Waals surface area contributed by atoms with Crippen LogP contribution in [-0.4, -0.2) is 50.6 Å². The van der Waals surface area contributed by atoms with Gasteiger partial charge in [-0.2, -0.15) is 5.10 Å². The smallest absolute Gasteiger partial charge is 0.148 e. The molecule has 2 aromatic heterocycles. The maximum Gasteiger partial charge on any atom is 0.148 e. The summed E-state index contributed by atoms with van der Waals surface area (Å²) in [5.74, 6) is 2.44. The van der Waals surface area contributed by atoms with Gasteiger partial charge in [-0.1, -0.05) is 20.8 Å². The highest BCUT2D eigenvalue weighted by Gasteiger charge is 2.55. The van der Waals surface area contributed by atoms with Crippen molar-refractivity contribution in [3.63, 3.8) is 0 Å². The Bertz CT molecular complexity index is 761. The van der Waals surface area contributed by atoms with Crippen LogP contribution in [0, 0.1) is 24.2 Å². The quantitative estimate of drug-likeness (QED) is 0.894. The molecule has 1 aliphatic carbocycles. The van der Waals surface area contributed by atoms with E-state index in [0.29, 0.717) is 11.5 Å². The fourth-order valence-corrected chi connectivity index (χ4v) is 4.08. The van der Waals surface area contributed by atoms with Gasteiger partial charge in [0, 0.05) is 37.9 Å². The van der Waals surface area contributed by atoms with Crippen LogP contribution in [0.2, 0.25) is 0 Å².